The number of benzene rings is 1. The molecule has 0 radical (unpaired) electrons. The van der Waals surface area contributed by atoms with Crippen molar-refractivity contribution in [2.75, 3.05) is 13.1 Å². The summed E-state index contributed by atoms with van der Waals surface area (Å²) in [6.07, 6.45) is 2.10. The quantitative estimate of drug-likeness (QED) is 0.836. The third kappa shape index (κ3) is 2.47. The Bertz CT molecular complexity index is 433. The lowest BCUT2D eigenvalue weighted by Gasteiger charge is -2.24. The van der Waals surface area contributed by atoms with Gasteiger partial charge in [0.25, 0.3) is 5.91 Å². The van der Waals surface area contributed by atoms with Gasteiger partial charge in [-0.25, -0.2) is 0 Å². The van der Waals surface area contributed by atoms with E-state index in [4.69, 9.17) is 5.73 Å². The molecule has 1 atom stereocenters. The number of halogens is 1. The number of hydrogen-bond acceptors (Lipinski definition) is 2. The molecule has 2 N–H and O–H groups in total. The van der Waals surface area contributed by atoms with E-state index in [2.05, 4.69) is 22.6 Å². The maximum atomic E-state index is 12.5. The van der Waals surface area contributed by atoms with Crippen LogP contribution in [0.15, 0.2) is 18.2 Å². The summed E-state index contributed by atoms with van der Waals surface area (Å²) >= 11 is 2.25. The van der Waals surface area contributed by atoms with E-state index in [1.165, 1.54) is 0 Å². The van der Waals surface area contributed by atoms with Gasteiger partial charge in [-0.1, -0.05) is 12.1 Å². The summed E-state index contributed by atoms with van der Waals surface area (Å²) in [5.74, 6) is 0.131. The summed E-state index contributed by atoms with van der Waals surface area (Å²) in [4.78, 5) is 14.4. The van der Waals surface area contributed by atoms with E-state index in [0.29, 0.717) is 6.54 Å². The highest BCUT2D eigenvalue weighted by Crippen LogP contribution is 2.23. The van der Waals surface area contributed by atoms with Crippen LogP contribution in [0.4, 0.5) is 0 Å². The molecule has 92 valence electrons. The number of rotatable bonds is 2. The Morgan fingerprint density at radius 2 is 2.35 bits per heavy atom. The van der Waals surface area contributed by atoms with E-state index >= 15 is 0 Å². The van der Waals surface area contributed by atoms with Crippen molar-refractivity contribution in [2.45, 2.75) is 25.8 Å². The molecule has 0 aliphatic carbocycles. The average Bonchev–Trinajstić information content (AvgIpc) is 2.80. The zero-order valence-corrected chi connectivity index (χ0v) is 12.1. The maximum Gasteiger partial charge on any atom is 0.255 e. The molecule has 1 unspecified atom stereocenters. The van der Waals surface area contributed by atoms with Crippen molar-refractivity contribution in [1.82, 2.24) is 4.90 Å². The number of hydrogen-bond donors (Lipinski definition) is 1. The molecule has 2 rings (SSSR count). The third-order valence-corrected chi connectivity index (χ3v) is 4.76. The van der Waals surface area contributed by atoms with Gasteiger partial charge in [0.1, 0.15) is 0 Å². The molecule has 3 nitrogen and oxygen atoms in total. The van der Waals surface area contributed by atoms with Crippen molar-refractivity contribution in [3.63, 3.8) is 0 Å². The number of nitrogens with two attached hydrogens (primary N) is 1. The molecular formula is C13H17IN2O. The lowest BCUT2D eigenvalue weighted by molar-refractivity contribution is 0.0740. The summed E-state index contributed by atoms with van der Waals surface area (Å²) in [7, 11) is 0. The van der Waals surface area contributed by atoms with Crippen LogP contribution in [0.2, 0.25) is 0 Å². The highest BCUT2D eigenvalue weighted by atomic mass is 127. The maximum absolute atomic E-state index is 12.5. The van der Waals surface area contributed by atoms with E-state index in [1.807, 2.05) is 30.0 Å². The Hall–Kier alpha value is -0.620. The van der Waals surface area contributed by atoms with Crippen molar-refractivity contribution in [1.29, 1.82) is 0 Å². The van der Waals surface area contributed by atoms with Gasteiger partial charge < -0.3 is 10.6 Å². The first-order chi connectivity index (χ1) is 8.15. The Morgan fingerprint density at radius 1 is 1.59 bits per heavy atom. The second-order valence-corrected chi connectivity index (χ2v) is 5.55. The van der Waals surface area contributed by atoms with Crippen LogP contribution in [0.3, 0.4) is 0 Å². The normalized spacial score (nSPS) is 19.7. The summed E-state index contributed by atoms with van der Waals surface area (Å²) in [6.45, 7) is 3.43. The first kappa shape index (κ1) is 12.8. The highest BCUT2D eigenvalue weighted by molar-refractivity contribution is 14.1. The van der Waals surface area contributed by atoms with Gasteiger partial charge in [0.15, 0.2) is 0 Å². The van der Waals surface area contributed by atoms with Crippen LogP contribution in [0, 0.1) is 10.5 Å². The molecule has 0 saturated carbocycles. The number of aryl methyl sites for hydroxylation is 1. The third-order valence-electron chi connectivity index (χ3n) is 3.33. The number of carbonyl (C=O) groups excluding carboxylic acids is 1. The van der Waals surface area contributed by atoms with Crippen LogP contribution in [-0.4, -0.2) is 29.9 Å². The minimum Gasteiger partial charge on any atom is -0.334 e. The molecule has 1 aliphatic rings. The molecular weight excluding hydrogens is 327 g/mol. The second kappa shape index (κ2) is 5.35. The zero-order valence-electron chi connectivity index (χ0n) is 9.95. The van der Waals surface area contributed by atoms with Crippen LogP contribution in [-0.2, 0) is 0 Å². The van der Waals surface area contributed by atoms with Gasteiger partial charge >= 0.3 is 0 Å². The molecule has 1 aromatic rings. The fourth-order valence-corrected chi connectivity index (χ4v) is 2.91. The minimum absolute atomic E-state index is 0.131. The van der Waals surface area contributed by atoms with Crippen LogP contribution in [0.25, 0.3) is 0 Å². The molecule has 1 aliphatic heterocycles. The predicted molar refractivity (Wildman–Crippen MR) is 77.0 cm³/mol. The molecule has 1 fully saturated rings. The van der Waals surface area contributed by atoms with E-state index in [1.54, 1.807) is 0 Å². The highest BCUT2D eigenvalue weighted by Gasteiger charge is 2.29. The molecule has 1 aromatic carbocycles. The Morgan fingerprint density at radius 3 is 3.06 bits per heavy atom. The lowest BCUT2D eigenvalue weighted by Crippen LogP contribution is -2.40. The second-order valence-electron chi connectivity index (χ2n) is 4.47. The van der Waals surface area contributed by atoms with Gasteiger partial charge in [-0.05, 0) is 54.0 Å². The van der Waals surface area contributed by atoms with E-state index in [0.717, 1.165) is 34.1 Å². The van der Waals surface area contributed by atoms with Crippen LogP contribution < -0.4 is 5.73 Å². The molecule has 0 spiro atoms. The number of likely N-dealkylation sites (tertiary alicyclic amines) is 1. The predicted octanol–water partition coefficient (Wildman–Crippen LogP) is 2.16. The molecule has 1 amide bonds. The smallest absolute Gasteiger partial charge is 0.255 e. The van der Waals surface area contributed by atoms with E-state index in [-0.39, 0.29) is 11.9 Å². The summed E-state index contributed by atoms with van der Waals surface area (Å²) in [5.41, 5.74) is 7.68. The van der Waals surface area contributed by atoms with E-state index in [9.17, 15) is 4.79 Å². The van der Waals surface area contributed by atoms with Gasteiger partial charge in [0.05, 0.1) is 5.56 Å². The summed E-state index contributed by atoms with van der Waals surface area (Å²) in [6, 6.07) is 6.10. The summed E-state index contributed by atoms with van der Waals surface area (Å²) in [5, 5.41) is 0. The first-order valence-electron chi connectivity index (χ1n) is 5.91. The van der Waals surface area contributed by atoms with E-state index < -0.39 is 0 Å². The Balaban J connectivity index is 2.28. The SMILES string of the molecule is Cc1cccc(C(=O)N2CCCC2CN)c1I. The van der Waals surface area contributed by atoms with Crippen LogP contribution in [0.5, 0.6) is 0 Å². The summed E-state index contributed by atoms with van der Waals surface area (Å²) < 4.78 is 1.05. The monoisotopic (exact) mass is 344 g/mol. The van der Waals surface area contributed by atoms with Crippen molar-refractivity contribution in [3.8, 4) is 0 Å². The van der Waals surface area contributed by atoms with Crippen molar-refractivity contribution >= 4 is 28.5 Å². The van der Waals surface area contributed by atoms with Gasteiger partial charge in [0.2, 0.25) is 0 Å². The zero-order chi connectivity index (χ0) is 12.4. The molecule has 0 bridgehead atoms. The topological polar surface area (TPSA) is 46.3 Å². The molecule has 17 heavy (non-hydrogen) atoms. The first-order valence-corrected chi connectivity index (χ1v) is 6.99. The molecule has 4 heteroatoms. The number of amides is 1. The van der Waals surface area contributed by atoms with Crippen molar-refractivity contribution in [2.24, 2.45) is 5.73 Å². The molecule has 0 aromatic heterocycles. The average molecular weight is 344 g/mol. The number of nitrogens with zero attached hydrogens (tertiary/aromatic N) is 1. The fraction of sp³-hybridized carbons (Fsp3) is 0.462. The van der Waals surface area contributed by atoms with Gasteiger partial charge in [0, 0.05) is 22.7 Å². The van der Waals surface area contributed by atoms with Crippen LogP contribution >= 0.6 is 22.6 Å². The number of carbonyl (C=O) groups is 1. The van der Waals surface area contributed by atoms with Crippen LogP contribution in [0.1, 0.15) is 28.8 Å². The largest absolute Gasteiger partial charge is 0.334 e. The lowest BCUT2D eigenvalue weighted by atomic mass is 10.1. The van der Waals surface area contributed by atoms with Gasteiger partial charge in [-0.3, -0.25) is 4.79 Å². The molecule has 1 saturated heterocycles. The molecule has 1 heterocycles. The Labute approximate surface area is 116 Å². The van der Waals surface area contributed by atoms with Gasteiger partial charge in [-0.2, -0.15) is 0 Å². The standard InChI is InChI=1S/C13H17IN2O/c1-9-4-2-6-11(12(9)14)13(17)16-7-3-5-10(16)8-15/h2,4,6,10H,3,5,7-8,15H2,1H3. The Kier molecular flexibility index (Phi) is 4.04. The van der Waals surface area contributed by atoms with Crippen molar-refractivity contribution < 1.29 is 4.79 Å². The minimum atomic E-state index is 0.131. The van der Waals surface area contributed by atoms with Gasteiger partial charge in [-0.15, -0.1) is 0 Å². The fourth-order valence-electron chi connectivity index (χ4n) is 2.32. The van der Waals surface area contributed by atoms with Crippen molar-refractivity contribution in [3.05, 3.63) is 32.9 Å².